The summed E-state index contributed by atoms with van der Waals surface area (Å²) >= 11 is 0. The van der Waals surface area contributed by atoms with Crippen LogP contribution in [0.5, 0.6) is 17.2 Å². The van der Waals surface area contributed by atoms with Crippen molar-refractivity contribution in [1.29, 1.82) is 0 Å². The van der Waals surface area contributed by atoms with Gasteiger partial charge < -0.3 is 9.47 Å². The number of ether oxygens (including phenoxy) is 2. The number of hydrogen-bond donors (Lipinski definition) is 0. The molecule has 2 heteroatoms. The first kappa shape index (κ1) is 14.2. The molecule has 2 rings (SSSR count). The molecule has 0 fully saturated rings. The molecule has 1 aliphatic rings. The van der Waals surface area contributed by atoms with E-state index in [1.54, 1.807) is 0 Å². The van der Waals surface area contributed by atoms with Crippen molar-refractivity contribution >= 4 is 0 Å². The molecule has 19 heavy (non-hydrogen) atoms. The minimum absolute atomic E-state index is 0.759. The molecule has 0 saturated carbocycles. The molecular weight excluding hydrogens is 236 g/mol. The predicted octanol–water partition coefficient (Wildman–Crippen LogP) is 5.56. The number of fused-ring (bicyclic) bond motifs is 1. The van der Waals surface area contributed by atoms with Crippen LogP contribution in [0.2, 0.25) is 0 Å². The first-order chi connectivity index (χ1) is 9.31. The van der Waals surface area contributed by atoms with Gasteiger partial charge in [0.15, 0.2) is 11.5 Å². The standard InChI is InChI=1S/C17H26O2/c1-3-4-5-6-7-9-14(2)12-13-18-15-10-8-11-16-17(15)19-16/h8,10-11,14H,3-7,9,12-13H2,1-2H3. The van der Waals surface area contributed by atoms with E-state index >= 15 is 0 Å². The highest BCUT2D eigenvalue weighted by Crippen LogP contribution is 2.52. The van der Waals surface area contributed by atoms with E-state index in [4.69, 9.17) is 9.47 Å². The van der Waals surface area contributed by atoms with E-state index in [-0.39, 0.29) is 0 Å². The average molecular weight is 262 g/mol. The van der Waals surface area contributed by atoms with Crippen molar-refractivity contribution in [2.45, 2.75) is 58.8 Å². The summed E-state index contributed by atoms with van der Waals surface area (Å²) in [6, 6.07) is 5.95. The van der Waals surface area contributed by atoms with Gasteiger partial charge in [-0.25, -0.2) is 0 Å². The second-order valence-corrected chi connectivity index (χ2v) is 5.63. The predicted molar refractivity (Wildman–Crippen MR) is 79.2 cm³/mol. The molecule has 0 N–H and O–H groups in total. The van der Waals surface area contributed by atoms with E-state index in [0.29, 0.717) is 0 Å². The highest BCUT2D eigenvalue weighted by molar-refractivity contribution is 5.62. The number of benzene rings is 1. The van der Waals surface area contributed by atoms with Crippen LogP contribution in [-0.2, 0) is 0 Å². The normalized spacial score (nSPS) is 13.6. The Balaban J connectivity index is 1.52. The van der Waals surface area contributed by atoms with Crippen molar-refractivity contribution < 1.29 is 9.47 Å². The Hall–Kier alpha value is -1.18. The van der Waals surface area contributed by atoms with Crippen molar-refractivity contribution in [3.63, 3.8) is 0 Å². The summed E-state index contributed by atoms with van der Waals surface area (Å²) in [4.78, 5) is 0. The minimum atomic E-state index is 0.759. The van der Waals surface area contributed by atoms with E-state index in [1.807, 2.05) is 18.2 Å². The molecule has 0 bridgehead atoms. The lowest BCUT2D eigenvalue weighted by molar-refractivity contribution is 0.275. The molecule has 1 aromatic carbocycles. The van der Waals surface area contributed by atoms with Crippen molar-refractivity contribution in [3.05, 3.63) is 18.2 Å². The Labute approximate surface area is 117 Å². The number of unbranched alkanes of at least 4 members (excludes halogenated alkanes) is 4. The van der Waals surface area contributed by atoms with Gasteiger partial charge in [-0.15, -0.1) is 0 Å². The maximum Gasteiger partial charge on any atom is 0.211 e. The fourth-order valence-electron chi connectivity index (χ4n) is 2.39. The van der Waals surface area contributed by atoms with Crippen LogP contribution in [0.3, 0.4) is 0 Å². The van der Waals surface area contributed by atoms with Crippen LogP contribution >= 0.6 is 0 Å². The fourth-order valence-corrected chi connectivity index (χ4v) is 2.39. The molecule has 2 nitrogen and oxygen atoms in total. The maximum absolute atomic E-state index is 5.78. The highest BCUT2D eigenvalue weighted by Gasteiger charge is 2.24. The van der Waals surface area contributed by atoms with E-state index in [9.17, 15) is 0 Å². The van der Waals surface area contributed by atoms with Crippen molar-refractivity contribution in [1.82, 2.24) is 0 Å². The first-order valence-corrected chi connectivity index (χ1v) is 7.75. The van der Waals surface area contributed by atoms with Crippen LogP contribution in [-0.4, -0.2) is 6.61 Å². The van der Waals surface area contributed by atoms with Crippen molar-refractivity contribution in [2.24, 2.45) is 5.92 Å². The van der Waals surface area contributed by atoms with Gasteiger partial charge in [-0.1, -0.05) is 58.4 Å². The molecule has 1 heterocycles. The first-order valence-electron chi connectivity index (χ1n) is 7.75. The third-order valence-corrected chi connectivity index (χ3v) is 3.78. The molecule has 0 spiro atoms. The lowest BCUT2D eigenvalue weighted by Crippen LogP contribution is -2.04. The Morgan fingerprint density at radius 3 is 2.79 bits per heavy atom. The summed E-state index contributed by atoms with van der Waals surface area (Å²) in [5.41, 5.74) is 0. The molecule has 106 valence electrons. The third kappa shape index (κ3) is 4.77. The Bertz CT molecular complexity index is 387. The van der Waals surface area contributed by atoms with Crippen LogP contribution in [0.4, 0.5) is 0 Å². The molecule has 0 radical (unpaired) electrons. The van der Waals surface area contributed by atoms with Crippen LogP contribution in [0.25, 0.3) is 0 Å². The summed E-state index contributed by atoms with van der Waals surface area (Å²) in [7, 11) is 0. The SMILES string of the molecule is CCCCCCCC(C)CCOc1cccc2c1O2. The van der Waals surface area contributed by atoms with Gasteiger partial charge in [0.1, 0.15) is 0 Å². The summed E-state index contributed by atoms with van der Waals surface area (Å²) < 4.78 is 11.1. The molecule has 0 saturated heterocycles. The Morgan fingerprint density at radius 2 is 1.95 bits per heavy atom. The second kappa shape index (κ2) is 7.42. The largest absolute Gasteiger partial charge is 0.490 e. The Kier molecular flexibility index (Phi) is 5.56. The van der Waals surface area contributed by atoms with Gasteiger partial charge in [0.05, 0.1) is 6.61 Å². The van der Waals surface area contributed by atoms with Crippen LogP contribution < -0.4 is 9.47 Å². The molecule has 0 aromatic heterocycles. The van der Waals surface area contributed by atoms with Gasteiger partial charge >= 0.3 is 0 Å². The van der Waals surface area contributed by atoms with Gasteiger partial charge in [-0.3, -0.25) is 0 Å². The molecule has 1 aliphatic heterocycles. The van der Waals surface area contributed by atoms with E-state index < -0.39 is 0 Å². The molecule has 0 amide bonds. The number of para-hydroxylation sites is 1. The van der Waals surface area contributed by atoms with Crippen LogP contribution in [0, 0.1) is 5.92 Å². The van der Waals surface area contributed by atoms with Gasteiger partial charge in [-0.05, 0) is 24.5 Å². The Morgan fingerprint density at radius 1 is 1.11 bits per heavy atom. The van der Waals surface area contributed by atoms with Gasteiger partial charge in [0, 0.05) is 0 Å². The summed E-state index contributed by atoms with van der Waals surface area (Å²) in [5, 5.41) is 0. The topological polar surface area (TPSA) is 21.8 Å². The monoisotopic (exact) mass is 262 g/mol. The summed E-state index contributed by atoms with van der Waals surface area (Å²) in [5.74, 6) is 3.58. The molecule has 1 atom stereocenters. The van der Waals surface area contributed by atoms with Gasteiger partial charge in [0.25, 0.3) is 0 Å². The van der Waals surface area contributed by atoms with Crippen LogP contribution in [0.15, 0.2) is 18.2 Å². The second-order valence-electron chi connectivity index (χ2n) is 5.63. The third-order valence-electron chi connectivity index (χ3n) is 3.78. The zero-order valence-corrected chi connectivity index (χ0v) is 12.3. The lowest BCUT2D eigenvalue weighted by Gasteiger charge is -2.11. The summed E-state index contributed by atoms with van der Waals surface area (Å²) in [6.45, 7) is 5.39. The van der Waals surface area contributed by atoms with E-state index in [1.165, 1.54) is 38.5 Å². The lowest BCUT2D eigenvalue weighted by atomic mass is 9.99. The number of rotatable bonds is 10. The summed E-state index contributed by atoms with van der Waals surface area (Å²) in [6.07, 6.45) is 9.33. The zero-order valence-electron chi connectivity index (χ0n) is 12.3. The average Bonchev–Trinajstić information content (AvgIpc) is 3.19. The molecule has 0 aliphatic carbocycles. The zero-order chi connectivity index (χ0) is 13.5. The smallest absolute Gasteiger partial charge is 0.211 e. The van der Waals surface area contributed by atoms with Crippen molar-refractivity contribution in [2.75, 3.05) is 6.61 Å². The van der Waals surface area contributed by atoms with Gasteiger partial charge in [-0.2, -0.15) is 0 Å². The molecular formula is C17H26O2. The fraction of sp³-hybridized carbons (Fsp3) is 0.647. The van der Waals surface area contributed by atoms with E-state index in [0.717, 1.165) is 36.2 Å². The van der Waals surface area contributed by atoms with Gasteiger partial charge in [0.2, 0.25) is 5.75 Å². The molecule has 1 unspecified atom stereocenters. The molecule has 1 aromatic rings. The quantitative estimate of drug-likeness (QED) is 0.413. The van der Waals surface area contributed by atoms with Crippen LogP contribution in [0.1, 0.15) is 58.8 Å². The van der Waals surface area contributed by atoms with Crippen molar-refractivity contribution in [3.8, 4) is 17.2 Å². The van der Waals surface area contributed by atoms with E-state index in [2.05, 4.69) is 13.8 Å². The number of hydrogen-bond acceptors (Lipinski definition) is 2. The maximum atomic E-state index is 5.78. The minimum Gasteiger partial charge on any atom is -0.490 e. The highest BCUT2D eigenvalue weighted by atomic mass is 16.6.